The Labute approximate surface area is 141 Å². The molecule has 1 aromatic heterocycles. The molecule has 2 aromatic rings. The van der Waals surface area contributed by atoms with Crippen LogP contribution < -0.4 is 14.9 Å². The molecule has 7 heteroatoms. The van der Waals surface area contributed by atoms with Crippen LogP contribution in [0.5, 0.6) is 11.5 Å². The first kappa shape index (κ1) is 17.5. The van der Waals surface area contributed by atoms with Gasteiger partial charge >= 0.3 is 0 Å². The summed E-state index contributed by atoms with van der Waals surface area (Å²) in [5.41, 5.74) is 5.77. The number of ether oxygens (including phenoxy) is 2. The number of hydrogen-bond donors (Lipinski definition) is 1. The summed E-state index contributed by atoms with van der Waals surface area (Å²) in [6.45, 7) is 5.72. The molecule has 0 unspecified atom stereocenters. The number of aromatic nitrogens is 2. The van der Waals surface area contributed by atoms with E-state index in [-0.39, 0.29) is 12.5 Å². The summed E-state index contributed by atoms with van der Waals surface area (Å²) in [5.74, 6) is 1.08. The van der Waals surface area contributed by atoms with Gasteiger partial charge in [0.15, 0.2) is 0 Å². The van der Waals surface area contributed by atoms with Crippen LogP contribution in [-0.2, 0) is 11.3 Å². The van der Waals surface area contributed by atoms with Gasteiger partial charge in [0.1, 0.15) is 18.0 Å². The van der Waals surface area contributed by atoms with Crippen molar-refractivity contribution in [1.82, 2.24) is 15.2 Å². The van der Waals surface area contributed by atoms with Crippen molar-refractivity contribution in [2.24, 2.45) is 5.10 Å². The summed E-state index contributed by atoms with van der Waals surface area (Å²) in [7, 11) is 3.17. The zero-order valence-electron chi connectivity index (χ0n) is 14.6. The van der Waals surface area contributed by atoms with Crippen LogP contribution in [0.2, 0.25) is 0 Å². The highest BCUT2D eigenvalue weighted by Gasteiger charge is 2.10. The Bertz CT molecular complexity index is 765. The Kier molecular flexibility index (Phi) is 5.57. The molecule has 0 fully saturated rings. The Morgan fingerprint density at radius 1 is 1.25 bits per heavy atom. The average molecular weight is 330 g/mol. The highest BCUT2D eigenvalue weighted by Crippen LogP contribution is 2.25. The summed E-state index contributed by atoms with van der Waals surface area (Å²) in [5, 5.41) is 8.40. The van der Waals surface area contributed by atoms with Gasteiger partial charge in [-0.15, -0.1) is 0 Å². The van der Waals surface area contributed by atoms with Crippen LogP contribution in [0.1, 0.15) is 23.9 Å². The first-order valence-electron chi connectivity index (χ1n) is 7.51. The molecule has 0 aliphatic carbocycles. The molecule has 0 aliphatic rings. The van der Waals surface area contributed by atoms with Gasteiger partial charge < -0.3 is 9.47 Å². The van der Waals surface area contributed by atoms with Gasteiger partial charge in [0, 0.05) is 17.3 Å². The molecule has 0 atom stereocenters. The monoisotopic (exact) mass is 330 g/mol. The van der Waals surface area contributed by atoms with Crippen LogP contribution in [-0.4, -0.2) is 35.6 Å². The number of carbonyl (C=O) groups is 1. The number of aryl methyl sites for hydroxylation is 2. The maximum absolute atomic E-state index is 12.0. The van der Waals surface area contributed by atoms with Crippen LogP contribution in [0.25, 0.3) is 0 Å². The van der Waals surface area contributed by atoms with E-state index in [1.54, 1.807) is 31.9 Å². The van der Waals surface area contributed by atoms with E-state index in [1.165, 1.54) is 0 Å². The molecule has 0 saturated carbocycles. The number of methoxy groups -OCH3 is 2. The molecule has 24 heavy (non-hydrogen) atoms. The quantitative estimate of drug-likeness (QED) is 0.649. The average Bonchev–Trinajstić information content (AvgIpc) is 2.89. The third-order valence-corrected chi connectivity index (χ3v) is 3.54. The van der Waals surface area contributed by atoms with E-state index in [9.17, 15) is 4.79 Å². The van der Waals surface area contributed by atoms with Crippen molar-refractivity contribution >= 4 is 11.6 Å². The van der Waals surface area contributed by atoms with Gasteiger partial charge in [-0.3, -0.25) is 9.48 Å². The zero-order valence-corrected chi connectivity index (χ0v) is 14.6. The van der Waals surface area contributed by atoms with Gasteiger partial charge in [-0.05, 0) is 39.0 Å². The third-order valence-electron chi connectivity index (χ3n) is 3.54. The van der Waals surface area contributed by atoms with Crippen molar-refractivity contribution in [1.29, 1.82) is 0 Å². The molecule has 128 valence electrons. The van der Waals surface area contributed by atoms with Crippen molar-refractivity contribution in [3.05, 3.63) is 41.2 Å². The molecule has 0 bridgehead atoms. The molecular weight excluding hydrogens is 308 g/mol. The molecule has 0 spiro atoms. The second-order valence-electron chi connectivity index (χ2n) is 5.38. The Balaban J connectivity index is 2.08. The number of rotatable bonds is 6. The fourth-order valence-electron chi connectivity index (χ4n) is 2.31. The Hall–Kier alpha value is -2.83. The van der Waals surface area contributed by atoms with Gasteiger partial charge in [0.05, 0.1) is 25.6 Å². The van der Waals surface area contributed by atoms with Gasteiger partial charge in [-0.25, -0.2) is 5.43 Å². The lowest BCUT2D eigenvalue weighted by molar-refractivity contribution is -0.121. The van der Waals surface area contributed by atoms with Gasteiger partial charge in [0.25, 0.3) is 5.91 Å². The fraction of sp³-hybridized carbons (Fsp3) is 0.353. The van der Waals surface area contributed by atoms with Crippen molar-refractivity contribution in [3.63, 3.8) is 0 Å². The molecule has 1 amide bonds. The minimum Gasteiger partial charge on any atom is -0.497 e. The number of amides is 1. The first-order valence-corrected chi connectivity index (χ1v) is 7.51. The molecule has 2 rings (SSSR count). The van der Waals surface area contributed by atoms with Gasteiger partial charge in [0.2, 0.25) is 0 Å². The molecule has 1 N–H and O–H groups in total. The molecule has 0 aliphatic heterocycles. The van der Waals surface area contributed by atoms with Crippen LogP contribution in [0.15, 0.2) is 29.4 Å². The largest absolute Gasteiger partial charge is 0.497 e. The van der Waals surface area contributed by atoms with E-state index in [0.717, 1.165) is 17.0 Å². The highest BCUT2D eigenvalue weighted by atomic mass is 16.5. The SMILES string of the molecule is COc1ccc(/C(C)=N/NC(=O)Cn2nc(C)cc2C)c(OC)c1. The van der Waals surface area contributed by atoms with E-state index >= 15 is 0 Å². The van der Waals surface area contributed by atoms with E-state index in [2.05, 4.69) is 15.6 Å². The zero-order chi connectivity index (χ0) is 17.7. The summed E-state index contributed by atoms with van der Waals surface area (Å²) in [6, 6.07) is 7.34. The number of nitrogens with one attached hydrogen (secondary N) is 1. The van der Waals surface area contributed by atoms with E-state index < -0.39 is 0 Å². The van der Waals surface area contributed by atoms with Crippen molar-refractivity contribution in [2.75, 3.05) is 14.2 Å². The van der Waals surface area contributed by atoms with E-state index in [1.807, 2.05) is 32.0 Å². The lowest BCUT2D eigenvalue weighted by Crippen LogP contribution is -2.25. The Morgan fingerprint density at radius 3 is 2.58 bits per heavy atom. The smallest absolute Gasteiger partial charge is 0.261 e. The highest BCUT2D eigenvalue weighted by molar-refractivity contribution is 6.01. The van der Waals surface area contributed by atoms with Crippen LogP contribution >= 0.6 is 0 Å². The summed E-state index contributed by atoms with van der Waals surface area (Å²) >= 11 is 0. The minimum atomic E-state index is -0.243. The van der Waals surface area contributed by atoms with Gasteiger partial charge in [-0.1, -0.05) is 0 Å². The molecule has 1 heterocycles. The maximum atomic E-state index is 12.0. The predicted molar refractivity (Wildman–Crippen MR) is 91.6 cm³/mol. The van der Waals surface area contributed by atoms with Crippen LogP contribution in [0.4, 0.5) is 0 Å². The Morgan fingerprint density at radius 2 is 2.00 bits per heavy atom. The third kappa shape index (κ3) is 4.13. The maximum Gasteiger partial charge on any atom is 0.261 e. The summed E-state index contributed by atoms with van der Waals surface area (Å²) in [6.07, 6.45) is 0. The number of carbonyl (C=O) groups excluding carboxylic acids is 1. The lowest BCUT2D eigenvalue weighted by Gasteiger charge is -2.10. The van der Waals surface area contributed by atoms with E-state index in [4.69, 9.17) is 9.47 Å². The number of benzene rings is 1. The summed E-state index contributed by atoms with van der Waals surface area (Å²) in [4.78, 5) is 12.0. The summed E-state index contributed by atoms with van der Waals surface area (Å²) < 4.78 is 12.2. The minimum absolute atomic E-state index is 0.121. The lowest BCUT2D eigenvalue weighted by atomic mass is 10.1. The fourth-order valence-corrected chi connectivity index (χ4v) is 2.31. The van der Waals surface area contributed by atoms with Crippen molar-refractivity contribution in [3.8, 4) is 11.5 Å². The number of nitrogens with zero attached hydrogens (tertiary/aromatic N) is 3. The van der Waals surface area contributed by atoms with Crippen molar-refractivity contribution in [2.45, 2.75) is 27.3 Å². The molecular formula is C17H22N4O3. The first-order chi connectivity index (χ1) is 11.4. The predicted octanol–water partition coefficient (Wildman–Crippen LogP) is 2.06. The van der Waals surface area contributed by atoms with Crippen molar-refractivity contribution < 1.29 is 14.3 Å². The normalized spacial score (nSPS) is 11.3. The topological polar surface area (TPSA) is 77.7 Å². The number of hydrazone groups is 1. The number of hydrogen-bond acceptors (Lipinski definition) is 5. The van der Waals surface area contributed by atoms with Gasteiger partial charge in [-0.2, -0.15) is 10.2 Å². The molecule has 0 radical (unpaired) electrons. The molecule has 1 aromatic carbocycles. The van der Waals surface area contributed by atoms with E-state index in [0.29, 0.717) is 17.2 Å². The second-order valence-corrected chi connectivity index (χ2v) is 5.38. The molecule has 7 nitrogen and oxygen atoms in total. The standard InChI is InChI=1S/C17H22N4O3/c1-11-8-12(2)21(20-11)10-17(22)19-18-13(3)15-7-6-14(23-4)9-16(15)24-5/h6-9H,10H2,1-5H3,(H,19,22)/b18-13+. The molecule has 0 saturated heterocycles. The van der Waals surface area contributed by atoms with Crippen LogP contribution in [0.3, 0.4) is 0 Å². The van der Waals surface area contributed by atoms with Crippen LogP contribution in [0, 0.1) is 13.8 Å². The second kappa shape index (κ2) is 7.63.